The van der Waals surface area contributed by atoms with Gasteiger partial charge in [-0.15, -0.1) is 11.3 Å². The first-order valence-corrected chi connectivity index (χ1v) is 8.18. The van der Waals surface area contributed by atoms with Crippen LogP contribution in [-0.2, 0) is 13.0 Å². The average Bonchev–Trinajstić information content (AvgIpc) is 2.79. The lowest BCUT2D eigenvalue weighted by Gasteiger charge is -2.04. The van der Waals surface area contributed by atoms with Crippen LogP contribution >= 0.6 is 11.3 Å². The maximum Gasteiger partial charge on any atom is 0.123 e. The van der Waals surface area contributed by atoms with Crippen LogP contribution in [0.5, 0.6) is 0 Å². The lowest BCUT2D eigenvalue weighted by molar-refractivity contribution is 0.628. The Balaban J connectivity index is 2.29. The largest absolute Gasteiger partial charge is 0.312 e. The van der Waals surface area contributed by atoms with Gasteiger partial charge in [0, 0.05) is 17.0 Å². The van der Waals surface area contributed by atoms with E-state index >= 15 is 0 Å². The van der Waals surface area contributed by atoms with E-state index < -0.39 is 0 Å². The SMILES string of the molecule is CCNCc1sc(-c2ccc(C)cc2)nc1CC(C)C. The summed E-state index contributed by atoms with van der Waals surface area (Å²) in [6.07, 6.45) is 1.06. The monoisotopic (exact) mass is 288 g/mol. The van der Waals surface area contributed by atoms with Crippen LogP contribution in [-0.4, -0.2) is 11.5 Å². The van der Waals surface area contributed by atoms with Crippen molar-refractivity contribution in [3.63, 3.8) is 0 Å². The van der Waals surface area contributed by atoms with E-state index in [1.807, 2.05) is 11.3 Å². The highest BCUT2D eigenvalue weighted by Crippen LogP contribution is 2.29. The highest BCUT2D eigenvalue weighted by Gasteiger charge is 2.13. The number of nitrogens with zero attached hydrogens (tertiary/aromatic N) is 1. The van der Waals surface area contributed by atoms with Crippen LogP contribution in [0.3, 0.4) is 0 Å². The number of hydrogen-bond donors (Lipinski definition) is 1. The lowest BCUT2D eigenvalue weighted by Crippen LogP contribution is -2.12. The minimum absolute atomic E-state index is 0.642. The maximum absolute atomic E-state index is 4.88. The van der Waals surface area contributed by atoms with Gasteiger partial charge in [0.2, 0.25) is 0 Å². The predicted molar refractivity (Wildman–Crippen MR) is 88.2 cm³/mol. The molecule has 20 heavy (non-hydrogen) atoms. The van der Waals surface area contributed by atoms with Gasteiger partial charge < -0.3 is 5.32 Å². The summed E-state index contributed by atoms with van der Waals surface area (Å²) >= 11 is 1.83. The zero-order valence-corrected chi connectivity index (χ0v) is 13.7. The Bertz CT molecular complexity index is 541. The molecule has 1 heterocycles. The molecular weight excluding hydrogens is 264 g/mol. The summed E-state index contributed by atoms with van der Waals surface area (Å²) in [5.74, 6) is 0.642. The van der Waals surface area contributed by atoms with Gasteiger partial charge in [-0.3, -0.25) is 0 Å². The van der Waals surface area contributed by atoms with E-state index in [4.69, 9.17) is 4.98 Å². The fraction of sp³-hybridized carbons (Fsp3) is 0.471. The van der Waals surface area contributed by atoms with Gasteiger partial charge in [0.15, 0.2) is 0 Å². The first-order valence-electron chi connectivity index (χ1n) is 7.36. The quantitative estimate of drug-likeness (QED) is 0.850. The number of aryl methyl sites for hydroxylation is 1. The van der Waals surface area contributed by atoms with Crippen molar-refractivity contribution in [1.82, 2.24) is 10.3 Å². The van der Waals surface area contributed by atoms with Crippen molar-refractivity contribution in [3.8, 4) is 10.6 Å². The maximum atomic E-state index is 4.88. The number of rotatable bonds is 6. The molecule has 0 aliphatic heterocycles. The van der Waals surface area contributed by atoms with Gasteiger partial charge in [-0.05, 0) is 25.8 Å². The topological polar surface area (TPSA) is 24.9 Å². The Labute approximate surface area is 126 Å². The van der Waals surface area contributed by atoms with Crippen LogP contribution in [0.1, 0.15) is 36.9 Å². The molecule has 0 bridgehead atoms. The number of hydrogen-bond acceptors (Lipinski definition) is 3. The van der Waals surface area contributed by atoms with Crippen molar-refractivity contribution in [2.24, 2.45) is 5.92 Å². The molecule has 108 valence electrons. The van der Waals surface area contributed by atoms with Crippen molar-refractivity contribution in [2.75, 3.05) is 6.54 Å². The van der Waals surface area contributed by atoms with Gasteiger partial charge in [0.1, 0.15) is 5.01 Å². The van der Waals surface area contributed by atoms with Gasteiger partial charge in [0.05, 0.1) is 5.69 Å². The molecule has 0 aliphatic rings. The summed E-state index contributed by atoms with van der Waals surface area (Å²) in [6, 6.07) is 8.65. The Morgan fingerprint density at radius 1 is 1.20 bits per heavy atom. The molecule has 2 aromatic rings. The minimum Gasteiger partial charge on any atom is -0.312 e. The lowest BCUT2D eigenvalue weighted by atomic mass is 10.1. The number of thiazole rings is 1. The molecule has 1 aromatic heterocycles. The fourth-order valence-corrected chi connectivity index (χ4v) is 3.19. The van der Waals surface area contributed by atoms with Crippen LogP contribution in [0.25, 0.3) is 10.6 Å². The summed E-state index contributed by atoms with van der Waals surface area (Å²) in [6.45, 7) is 10.7. The third-order valence-corrected chi connectivity index (χ3v) is 4.36. The smallest absolute Gasteiger partial charge is 0.123 e. The van der Waals surface area contributed by atoms with Gasteiger partial charge in [-0.2, -0.15) is 0 Å². The molecule has 0 aliphatic carbocycles. The van der Waals surface area contributed by atoms with Crippen molar-refractivity contribution >= 4 is 11.3 Å². The normalized spacial score (nSPS) is 11.2. The third kappa shape index (κ3) is 3.90. The van der Waals surface area contributed by atoms with E-state index in [2.05, 4.69) is 57.3 Å². The zero-order chi connectivity index (χ0) is 14.5. The summed E-state index contributed by atoms with van der Waals surface area (Å²) in [4.78, 5) is 6.27. The predicted octanol–water partition coefficient (Wildman–Crippen LogP) is 4.43. The molecule has 0 saturated heterocycles. The molecule has 2 nitrogen and oxygen atoms in total. The highest BCUT2D eigenvalue weighted by atomic mass is 32.1. The van der Waals surface area contributed by atoms with Crippen molar-refractivity contribution < 1.29 is 0 Å². The summed E-state index contributed by atoms with van der Waals surface area (Å²) < 4.78 is 0. The van der Waals surface area contributed by atoms with E-state index in [-0.39, 0.29) is 0 Å². The summed E-state index contributed by atoms with van der Waals surface area (Å²) in [7, 11) is 0. The second kappa shape index (κ2) is 7.00. The zero-order valence-electron chi connectivity index (χ0n) is 12.9. The summed E-state index contributed by atoms with van der Waals surface area (Å²) in [5.41, 5.74) is 3.79. The van der Waals surface area contributed by atoms with E-state index in [9.17, 15) is 0 Å². The fourth-order valence-electron chi connectivity index (χ4n) is 2.13. The first-order chi connectivity index (χ1) is 9.60. The van der Waals surface area contributed by atoms with Gasteiger partial charge in [-0.1, -0.05) is 50.6 Å². The van der Waals surface area contributed by atoms with Crippen LogP contribution in [0, 0.1) is 12.8 Å². The Morgan fingerprint density at radius 2 is 1.90 bits per heavy atom. The Hall–Kier alpha value is -1.19. The van der Waals surface area contributed by atoms with Crippen LogP contribution < -0.4 is 5.32 Å². The van der Waals surface area contributed by atoms with Crippen LogP contribution in [0.4, 0.5) is 0 Å². The second-order valence-corrected chi connectivity index (χ2v) is 6.72. The van der Waals surface area contributed by atoms with Crippen molar-refractivity contribution in [2.45, 2.75) is 40.7 Å². The Morgan fingerprint density at radius 3 is 2.50 bits per heavy atom. The Kier molecular flexibility index (Phi) is 5.32. The van der Waals surface area contributed by atoms with Crippen molar-refractivity contribution in [1.29, 1.82) is 0 Å². The first kappa shape index (κ1) is 15.2. The molecule has 0 atom stereocenters. The molecule has 0 spiro atoms. The summed E-state index contributed by atoms with van der Waals surface area (Å²) in [5, 5.41) is 4.57. The third-order valence-electron chi connectivity index (χ3n) is 3.21. The second-order valence-electron chi connectivity index (χ2n) is 5.63. The van der Waals surface area contributed by atoms with E-state index in [1.165, 1.54) is 21.7 Å². The standard InChI is InChI=1S/C17H24N2S/c1-5-18-11-16-15(10-12(2)3)19-17(20-16)14-8-6-13(4)7-9-14/h6-9,12,18H,5,10-11H2,1-4H3. The van der Waals surface area contributed by atoms with Gasteiger partial charge in [-0.25, -0.2) is 4.98 Å². The molecule has 3 heteroatoms. The average molecular weight is 288 g/mol. The van der Waals surface area contributed by atoms with E-state index in [0.717, 1.165) is 24.5 Å². The molecule has 0 saturated carbocycles. The molecule has 0 amide bonds. The molecule has 2 rings (SSSR count). The molecule has 0 unspecified atom stereocenters. The number of nitrogens with one attached hydrogen (secondary N) is 1. The highest BCUT2D eigenvalue weighted by molar-refractivity contribution is 7.15. The molecule has 1 aromatic carbocycles. The molecule has 0 radical (unpaired) electrons. The van der Waals surface area contributed by atoms with Gasteiger partial charge in [0.25, 0.3) is 0 Å². The van der Waals surface area contributed by atoms with Gasteiger partial charge >= 0.3 is 0 Å². The number of benzene rings is 1. The molecular formula is C17H24N2S. The molecule has 1 N–H and O–H groups in total. The molecule has 0 fully saturated rings. The van der Waals surface area contributed by atoms with Crippen LogP contribution in [0.2, 0.25) is 0 Å². The minimum atomic E-state index is 0.642. The van der Waals surface area contributed by atoms with E-state index in [0.29, 0.717) is 5.92 Å². The van der Waals surface area contributed by atoms with Crippen LogP contribution in [0.15, 0.2) is 24.3 Å². The van der Waals surface area contributed by atoms with E-state index in [1.54, 1.807) is 0 Å². The van der Waals surface area contributed by atoms with Crippen molar-refractivity contribution in [3.05, 3.63) is 40.4 Å². The number of aromatic nitrogens is 1.